The second kappa shape index (κ2) is 5.50. The van der Waals surface area contributed by atoms with Gasteiger partial charge < -0.3 is 11.1 Å². The van der Waals surface area contributed by atoms with Gasteiger partial charge in [0.25, 0.3) is 0 Å². The summed E-state index contributed by atoms with van der Waals surface area (Å²) in [5.74, 6) is 0.744. The lowest BCUT2D eigenvalue weighted by molar-refractivity contribution is 1.19. The van der Waals surface area contributed by atoms with Gasteiger partial charge in [-0.3, -0.25) is 0 Å². The second-order valence-electron chi connectivity index (χ2n) is 4.93. The van der Waals surface area contributed by atoms with Crippen LogP contribution in [0.4, 0.5) is 11.5 Å². The number of aryl methyl sites for hydroxylation is 1. The number of hydrogen-bond acceptors (Lipinski definition) is 3. The Morgan fingerprint density at radius 1 is 1.05 bits per heavy atom. The first-order chi connectivity index (χ1) is 10.1. The van der Waals surface area contributed by atoms with Crippen LogP contribution in [0.15, 0.2) is 54.6 Å². The summed E-state index contributed by atoms with van der Waals surface area (Å²) in [6.45, 7) is 1.92. The molecule has 1 heterocycles. The normalized spacial score (nSPS) is 10.5. The van der Waals surface area contributed by atoms with E-state index in [1.54, 1.807) is 0 Å². The summed E-state index contributed by atoms with van der Waals surface area (Å²) in [5.41, 5.74) is 8.38. The molecule has 0 aliphatic carbocycles. The molecule has 4 heteroatoms. The van der Waals surface area contributed by atoms with Crippen LogP contribution in [0.25, 0.3) is 10.8 Å². The van der Waals surface area contributed by atoms with Gasteiger partial charge in [-0.15, -0.1) is 0 Å². The molecule has 0 unspecified atom stereocenters. The van der Waals surface area contributed by atoms with E-state index in [0.29, 0.717) is 4.99 Å². The number of hydrogen-bond donors (Lipinski definition) is 2. The Hall–Kier alpha value is -2.46. The summed E-state index contributed by atoms with van der Waals surface area (Å²) in [6, 6.07) is 18.2. The molecule has 0 amide bonds. The third kappa shape index (κ3) is 3.01. The van der Waals surface area contributed by atoms with Crippen molar-refractivity contribution >= 4 is 39.5 Å². The van der Waals surface area contributed by atoms with Crippen LogP contribution in [0.5, 0.6) is 0 Å². The maximum atomic E-state index is 5.70. The molecular formula is C17H15N3S. The Bertz CT molecular complexity index is 827. The number of aromatic nitrogens is 1. The molecule has 0 spiro atoms. The van der Waals surface area contributed by atoms with Gasteiger partial charge in [-0.2, -0.15) is 0 Å². The van der Waals surface area contributed by atoms with Crippen LogP contribution in [0, 0.1) is 6.92 Å². The van der Waals surface area contributed by atoms with Gasteiger partial charge in [0.05, 0.1) is 0 Å². The standard InChI is InChI=1S/C17H15N3S/c1-11-8-14(17(18)21)10-16(19-11)20-15-7-6-12-4-2-3-5-13(12)9-15/h2-10H,1H3,(H2,18,21)(H,19,20). The molecule has 0 fully saturated rings. The number of pyridine rings is 1. The molecule has 3 N–H and O–H groups in total. The smallest absolute Gasteiger partial charge is 0.131 e. The summed E-state index contributed by atoms with van der Waals surface area (Å²) in [7, 11) is 0. The van der Waals surface area contributed by atoms with Crippen molar-refractivity contribution in [3.8, 4) is 0 Å². The molecular weight excluding hydrogens is 278 g/mol. The third-order valence-corrected chi connectivity index (χ3v) is 3.50. The first kappa shape index (κ1) is 13.5. The SMILES string of the molecule is Cc1cc(C(N)=S)cc(Nc2ccc3ccccc3c2)n1. The van der Waals surface area contributed by atoms with Crippen LogP contribution in [-0.2, 0) is 0 Å². The van der Waals surface area contributed by atoms with Crippen molar-refractivity contribution in [2.45, 2.75) is 6.92 Å². The van der Waals surface area contributed by atoms with E-state index in [1.807, 2.05) is 37.3 Å². The average Bonchev–Trinajstić information content (AvgIpc) is 2.46. The summed E-state index contributed by atoms with van der Waals surface area (Å²) in [6.07, 6.45) is 0. The van der Waals surface area contributed by atoms with Gasteiger partial charge in [-0.05, 0) is 42.0 Å². The van der Waals surface area contributed by atoms with E-state index >= 15 is 0 Å². The van der Waals surface area contributed by atoms with Crippen LogP contribution in [0.3, 0.4) is 0 Å². The number of thiocarbonyl (C=S) groups is 1. The van der Waals surface area contributed by atoms with Gasteiger partial charge in [0, 0.05) is 16.9 Å². The number of anilines is 2. The Morgan fingerprint density at radius 2 is 1.81 bits per heavy atom. The highest BCUT2D eigenvalue weighted by molar-refractivity contribution is 7.80. The van der Waals surface area contributed by atoms with Crippen molar-refractivity contribution < 1.29 is 0 Å². The average molecular weight is 293 g/mol. The molecule has 0 aliphatic heterocycles. The summed E-state index contributed by atoms with van der Waals surface area (Å²) >= 11 is 5.03. The predicted octanol–water partition coefficient (Wildman–Crippen LogP) is 3.92. The predicted molar refractivity (Wildman–Crippen MR) is 92.1 cm³/mol. The number of nitrogens with zero attached hydrogens (tertiary/aromatic N) is 1. The van der Waals surface area contributed by atoms with E-state index in [1.165, 1.54) is 10.8 Å². The Morgan fingerprint density at radius 3 is 2.57 bits per heavy atom. The third-order valence-electron chi connectivity index (χ3n) is 3.26. The lowest BCUT2D eigenvalue weighted by atomic mass is 10.1. The Kier molecular flexibility index (Phi) is 3.54. The summed E-state index contributed by atoms with van der Waals surface area (Å²) in [4.78, 5) is 4.84. The molecule has 3 rings (SSSR count). The van der Waals surface area contributed by atoms with E-state index in [0.717, 1.165) is 22.8 Å². The summed E-state index contributed by atoms with van der Waals surface area (Å²) < 4.78 is 0. The van der Waals surface area contributed by atoms with Crippen molar-refractivity contribution in [1.82, 2.24) is 4.98 Å². The van der Waals surface area contributed by atoms with E-state index in [2.05, 4.69) is 34.6 Å². The first-order valence-electron chi connectivity index (χ1n) is 6.66. The van der Waals surface area contributed by atoms with Gasteiger partial charge in [-0.1, -0.05) is 42.5 Å². The Balaban J connectivity index is 1.96. The van der Waals surface area contributed by atoms with Crippen molar-refractivity contribution in [3.63, 3.8) is 0 Å². The molecule has 0 saturated heterocycles. The molecule has 2 aromatic carbocycles. The van der Waals surface area contributed by atoms with Crippen LogP contribution < -0.4 is 11.1 Å². The molecule has 21 heavy (non-hydrogen) atoms. The number of nitrogens with one attached hydrogen (secondary N) is 1. The molecule has 104 valence electrons. The minimum Gasteiger partial charge on any atom is -0.389 e. The fourth-order valence-electron chi connectivity index (χ4n) is 2.29. The molecule has 1 aromatic heterocycles. The lowest BCUT2D eigenvalue weighted by Crippen LogP contribution is -2.10. The number of nitrogens with two attached hydrogens (primary N) is 1. The first-order valence-corrected chi connectivity index (χ1v) is 7.07. The van der Waals surface area contributed by atoms with Crippen LogP contribution in [-0.4, -0.2) is 9.97 Å². The van der Waals surface area contributed by atoms with Crippen LogP contribution >= 0.6 is 12.2 Å². The second-order valence-corrected chi connectivity index (χ2v) is 5.37. The number of benzene rings is 2. The van der Waals surface area contributed by atoms with Gasteiger partial charge in [0.15, 0.2) is 0 Å². The zero-order valence-corrected chi connectivity index (χ0v) is 12.4. The highest BCUT2D eigenvalue weighted by atomic mass is 32.1. The minimum absolute atomic E-state index is 0.377. The van der Waals surface area contributed by atoms with Crippen molar-refractivity contribution in [2.75, 3.05) is 5.32 Å². The van der Waals surface area contributed by atoms with Crippen LogP contribution in [0.1, 0.15) is 11.3 Å². The van der Waals surface area contributed by atoms with Crippen molar-refractivity contribution in [3.05, 3.63) is 65.9 Å². The van der Waals surface area contributed by atoms with Crippen molar-refractivity contribution in [1.29, 1.82) is 0 Å². The Labute approximate surface area is 128 Å². The maximum absolute atomic E-state index is 5.70. The highest BCUT2D eigenvalue weighted by Gasteiger charge is 2.03. The highest BCUT2D eigenvalue weighted by Crippen LogP contribution is 2.22. The molecule has 0 aliphatic rings. The molecule has 0 saturated carbocycles. The monoisotopic (exact) mass is 293 g/mol. The largest absolute Gasteiger partial charge is 0.389 e. The van der Waals surface area contributed by atoms with Gasteiger partial charge in [0.1, 0.15) is 10.8 Å². The van der Waals surface area contributed by atoms with E-state index < -0.39 is 0 Å². The van der Waals surface area contributed by atoms with Gasteiger partial charge in [0.2, 0.25) is 0 Å². The number of fused-ring (bicyclic) bond motifs is 1. The zero-order valence-electron chi connectivity index (χ0n) is 11.6. The van der Waals surface area contributed by atoms with Gasteiger partial charge >= 0.3 is 0 Å². The fraction of sp³-hybridized carbons (Fsp3) is 0.0588. The zero-order chi connectivity index (χ0) is 14.8. The van der Waals surface area contributed by atoms with E-state index in [-0.39, 0.29) is 0 Å². The maximum Gasteiger partial charge on any atom is 0.131 e. The lowest BCUT2D eigenvalue weighted by Gasteiger charge is -2.09. The van der Waals surface area contributed by atoms with Crippen LogP contribution in [0.2, 0.25) is 0 Å². The summed E-state index contributed by atoms with van der Waals surface area (Å²) in [5, 5.41) is 5.70. The quantitative estimate of drug-likeness (QED) is 0.719. The van der Waals surface area contributed by atoms with Crippen molar-refractivity contribution in [2.24, 2.45) is 5.73 Å². The molecule has 3 nitrogen and oxygen atoms in total. The molecule has 0 bridgehead atoms. The van der Waals surface area contributed by atoms with E-state index in [4.69, 9.17) is 18.0 Å². The number of rotatable bonds is 3. The fourth-order valence-corrected chi connectivity index (χ4v) is 2.41. The molecule has 0 atom stereocenters. The topological polar surface area (TPSA) is 50.9 Å². The molecule has 0 radical (unpaired) electrons. The molecule has 3 aromatic rings. The van der Waals surface area contributed by atoms with E-state index in [9.17, 15) is 0 Å². The minimum atomic E-state index is 0.377. The van der Waals surface area contributed by atoms with Gasteiger partial charge in [-0.25, -0.2) is 4.98 Å².